The van der Waals surface area contributed by atoms with E-state index in [1.165, 1.54) is 6.08 Å². The molecule has 1 heterocycles. The van der Waals surface area contributed by atoms with Gasteiger partial charge in [0.25, 0.3) is 0 Å². The quantitative estimate of drug-likeness (QED) is 0.0700. The van der Waals surface area contributed by atoms with Crippen molar-refractivity contribution < 1.29 is 36.9 Å². The van der Waals surface area contributed by atoms with Crippen molar-refractivity contribution in [3.8, 4) is 22.4 Å². The van der Waals surface area contributed by atoms with Crippen LogP contribution in [0.15, 0.2) is 96.6 Å². The van der Waals surface area contributed by atoms with E-state index in [1.807, 2.05) is 97.0 Å². The smallest absolute Gasteiger partial charge is 0.164 e. The molecule has 5 rings (SSSR count). The molecule has 0 aliphatic carbocycles. The Hall–Kier alpha value is -3.66. The van der Waals surface area contributed by atoms with E-state index in [1.54, 1.807) is 6.07 Å². The molecule has 4 aromatic carbocycles. The number of fused-ring (bicyclic) bond motifs is 3. The van der Waals surface area contributed by atoms with Crippen LogP contribution in [0.1, 0.15) is 79.9 Å². The van der Waals surface area contributed by atoms with Crippen molar-refractivity contribution in [2.45, 2.75) is 74.1 Å². The van der Waals surface area contributed by atoms with E-state index >= 15 is 0 Å². The summed E-state index contributed by atoms with van der Waals surface area (Å²) in [5, 5.41) is 12.8. The maximum Gasteiger partial charge on any atom is 0.164 e. The molecule has 1 aromatic heterocycles. The number of aromatic nitrogens is 2. The average Bonchev–Trinajstić information content (AvgIpc) is 3.12. The Kier molecular flexibility index (Phi) is 9.96. The van der Waals surface area contributed by atoms with Gasteiger partial charge in [-0.2, -0.15) is 0 Å². The summed E-state index contributed by atoms with van der Waals surface area (Å²) < 4.78 is 40.3. The Labute approximate surface area is 289 Å². The minimum absolute atomic E-state index is 0. The van der Waals surface area contributed by atoms with Gasteiger partial charge in [0.05, 0.1) is 12.4 Å². The molecule has 0 saturated heterocycles. The predicted octanol–water partition coefficient (Wildman–Crippen LogP) is 10.9. The molecular weight excluding hydrogens is 733 g/mol. The third-order valence-electron chi connectivity index (χ3n) is 9.15. The number of aliphatic hydroxyl groups is 1. The van der Waals surface area contributed by atoms with Gasteiger partial charge in [0.2, 0.25) is 0 Å². The molecule has 4 nitrogen and oxygen atoms in total. The van der Waals surface area contributed by atoms with Crippen molar-refractivity contribution >= 4 is 27.5 Å². The van der Waals surface area contributed by atoms with Crippen LogP contribution in [0.3, 0.4) is 0 Å². The van der Waals surface area contributed by atoms with Crippen molar-refractivity contribution in [2.24, 2.45) is 10.8 Å². The van der Waals surface area contributed by atoms with Crippen LogP contribution in [0, 0.1) is 23.8 Å². The first-order valence-electron chi connectivity index (χ1n) is 17.9. The number of allylic oxidation sites excluding steroid dienone is 2. The first-order valence-corrected chi connectivity index (χ1v) is 15.4. The number of carbonyl (C=O) groups is 1. The second kappa shape index (κ2) is 15.6. The van der Waals surface area contributed by atoms with Crippen molar-refractivity contribution in [3.05, 3.63) is 109 Å². The van der Waals surface area contributed by atoms with Crippen LogP contribution in [0.2, 0.25) is 0 Å². The molecule has 0 spiro atoms. The molecule has 237 valence electrons. The third kappa shape index (κ3) is 7.95. The van der Waals surface area contributed by atoms with Gasteiger partial charge in [0, 0.05) is 42.4 Å². The van der Waals surface area contributed by atoms with Gasteiger partial charge in [-0.05, 0) is 66.3 Å². The topological polar surface area (TPSA) is 63.1 Å². The molecule has 5 aromatic rings. The molecule has 0 aliphatic heterocycles. The number of ketones is 1. The summed E-state index contributed by atoms with van der Waals surface area (Å²) >= 11 is 0. The minimum Gasteiger partial charge on any atom is -0.512 e. The molecule has 1 radical (unpaired) electrons. The molecule has 45 heavy (non-hydrogen) atoms. The molecular formula is C40H45IrN2O2-. The van der Waals surface area contributed by atoms with Crippen LogP contribution in [0.4, 0.5) is 0 Å². The summed E-state index contributed by atoms with van der Waals surface area (Å²) in [6, 6.07) is 18.8. The van der Waals surface area contributed by atoms with Crippen LogP contribution in [-0.2, 0) is 24.9 Å². The van der Waals surface area contributed by atoms with Crippen LogP contribution < -0.4 is 0 Å². The molecule has 0 unspecified atom stereocenters. The van der Waals surface area contributed by atoms with E-state index in [0.29, 0.717) is 11.4 Å². The second-order valence-corrected chi connectivity index (χ2v) is 11.7. The molecule has 5 heteroatoms. The van der Waals surface area contributed by atoms with Crippen molar-refractivity contribution in [2.75, 3.05) is 0 Å². The summed E-state index contributed by atoms with van der Waals surface area (Å²) in [7, 11) is 0. The Morgan fingerprint density at radius 2 is 1.51 bits per heavy atom. The summed E-state index contributed by atoms with van der Waals surface area (Å²) in [6.45, 7) is 13.9. The maximum absolute atomic E-state index is 12.2. The van der Waals surface area contributed by atoms with Crippen molar-refractivity contribution in [1.82, 2.24) is 9.97 Å². The summed E-state index contributed by atoms with van der Waals surface area (Å²) in [5.74, 6) is 0.931. The van der Waals surface area contributed by atoms with E-state index in [2.05, 4.69) is 16.0 Å². The number of nitrogens with zero attached hydrogens (tertiary/aromatic N) is 2. The fourth-order valence-corrected chi connectivity index (χ4v) is 5.01. The summed E-state index contributed by atoms with van der Waals surface area (Å²) in [5.41, 5.74) is 2.65. The van der Waals surface area contributed by atoms with Crippen LogP contribution in [0.25, 0.3) is 44.1 Å². The largest absolute Gasteiger partial charge is 0.512 e. The zero-order valence-electron chi connectivity index (χ0n) is 32.2. The van der Waals surface area contributed by atoms with Gasteiger partial charge in [-0.15, -0.1) is 35.9 Å². The zero-order chi connectivity index (χ0) is 36.3. The van der Waals surface area contributed by atoms with Crippen LogP contribution >= 0.6 is 0 Å². The van der Waals surface area contributed by atoms with E-state index in [9.17, 15) is 9.90 Å². The monoisotopic (exact) mass is 783 g/mol. The van der Waals surface area contributed by atoms with Gasteiger partial charge >= 0.3 is 0 Å². The number of aliphatic hydroxyl groups excluding tert-OH is 1. The molecule has 0 bridgehead atoms. The first kappa shape index (κ1) is 28.8. The molecule has 0 aliphatic rings. The molecule has 0 atom stereocenters. The number of carbonyl (C=O) groups excluding carboxylic acids is 1. The normalized spacial score (nSPS) is 13.5. The predicted molar refractivity (Wildman–Crippen MR) is 185 cm³/mol. The molecule has 1 N–H and O–H groups in total. The Balaban J connectivity index is 0.000000323. The number of benzene rings is 4. The van der Waals surface area contributed by atoms with Gasteiger partial charge in [0.15, 0.2) is 5.78 Å². The van der Waals surface area contributed by atoms with Crippen molar-refractivity contribution in [1.29, 1.82) is 0 Å². The number of hydrogen-bond donors (Lipinski definition) is 1. The van der Waals surface area contributed by atoms with Gasteiger partial charge in [-0.1, -0.05) is 96.0 Å². The van der Waals surface area contributed by atoms with Crippen LogP contribution in [0.5, 0.6) is 0 Å². The van der Waals surface area contributed by atoms with Gasteiger partial charge in [0.1, 0.15) is 11.6 Å². The Bertz CT molecular complexity index is 2010. The van der Waals surface area contributed by atoms with Gasteiger partial charge < -0.3 is 5.11 Å². The third-order valence-corrected chi connectivity index (χ3v) is 9.15. The first-order chi connectivity index (χ1) is 23.2. The van der Waals surface area contributed by atoms with E-state index < -0.39 is 6.04 Å². The summed E-state index contributed by atoms with van der Waals surface area (Å²) in [6.07, 6.45) is 4.75. The van der Waals surface area contributed by atoms with Crippen LogP contribution in [-0.4, -0.2) is 20.9 Å². The minimum atomic E-state index is -0.395. The van der Waals surface area contributed by atoms with E-state index in [4.69, 9.17) is 6.85 Å². The number of hydrogen-bond acceptors (Lipinski definition) is 4. The fraction of sp³-hybridized carbons (Fsp3) is 0.325. The molecule has 0 fully saturated rings. The van der Waals surface area contributed by atoms with Gasteiger partial charge in [-0.25, -0.2) is 4.98 Å². The number of aryl methyl sites for hydroxylation is 1. The van der Waals surface area contributed by atoms with Crippen molar-refractivity contribution in [3.63, 3.8) is 0 Å². The van der Waals surface area contributed by atoms with E-state index in [0.717, 1.165) is 58.6 Å². The molecule has 0 saturated carbocycles. The SMILES string of the molecule is CCC(C)(CC)C(=O)/C=C(\O)C(C)(CC)CC.[2H]c1c([2H])c([2H])c(-c2ccc3c(ccc4c(-c5[c-]cccc5)nc(C)nc43)c2)c([2H])c1[2H].[Ir]. The number of rotatable bonds is 9. The molecule has 0 amide bonds. The fourth-order valence-electron chi connectivity index (χ4n) is 5.01. The zero-order valence-corrected chi connectivity index (χ0v) is 29.6. The van der Waals surface area contributed by atoms with Gasteiger partial charge in [-0.3, -0.25) is 9.78 Å². The standard InChI is InChI=1S/C25H17N2.C15H28O2.Ir/c1-17-26-24(19-10-6-3-7-11-19)23-15-13-21-16-20(18-8-4-2-5-9-18)12-14-22(21)25(23)27-17;1-7-14(5,8-2)12(16)11-13(17)15(6,9-3)10-4;/h2-10,12-16H,1H3;11,16H,7-10H2,1-6H3;/q-1;;/b;12-11-;/i2D,4D,5D,8D,9D;;. The average molecular weight is 783 g/mol. The maximum atomic E-state index is 12.2. The second-order valence-electron chi connectivity index (χ2n) is 11.7. The Morgan fingerprint density at radius 3 is 2.11 bits per heavy atom. The summed E-state index contributed by atoms with van der Waals surface area (Å²) in [4.78, 5) is 21.5. The van der Waals surface area contributed by atoms with E-state index in [-0.39, 0.29) is 72.2 Å². The Morgan fingerprint density at radius 1 is 0.867 bits per heavy atom.